The van der Waals surface area contributed by atoms with Gasteiger partial charge in [0.15, 0.2) is 0 Å². The smallest absolute Gasteiger partial charge is 0.123 e. The number of piperazine rings is 1. The largest absolute Gasteiger partial charge is 0.314 e. The average molecular weight is 301 g/mol. The van der Waals surface area contributed by atoms with E-state index in [4.69, 9.17) is 0 Å². The van der Waals surface area contributed by atoms with Gasteiger partial charge in [0.1, 0.15) is 5.82 Å². The fraction of sp³-hybridized carbons (Fsp3) is 0.625. The Balaban J connectivity index is 0.00000200. The second kappa shape index (κ2) is 7.96. The molecular formula is C16H26ClFN2. The van der Waals surface area contributed by atoms with E-state index in [-0.39, 0.29) is 18.2 Å². The van der Waals surface area contributed by atoms with Gasteiger partial charge in [-0.25, -0.2) is 4.39 Å². The van der Waals surface area contributed by atoms with Crippen LogP contribution < -0.4 is 5.32 Å². The summed E-state index contributed by atoms with van der Waals surface area (Å²) in [5.41, 5.74) is 2.36. The Bertz CT molecular complexity index is 417. The van der Waals surface area contributed by atoms with E-state index < -0.39 is 0 Å². The molecule has 1 N–H and O–H groups in total. The molecule has 0 radical (unpaired) electrons. The van der Waals surface area contributed by atoms with Gasteiger partial charge < -0.3 is 5.32 Å². The number of hydrogen-bond acceptors (Lipinski definition) is 2. The van der Waals surface area contributed by atoms with Crippen LogP contribution in [0.5, 0.6) is 0 Å². The zero-order valence-corrected chi connectivity index (χ0v) is 13.5. The van der Waals surface area contributed by atoms with Crippen LogP contribution in [0.15, 0.2) is 18.2 Å². The predicted molar refractivity (Wildman–Crippen MR) is 85.0 cm³/mol. The van der Waals surface area contributed by atoms with Crippen LogP contribution >= 0.6 is 12.4 Å². The van der Waals surface area contributed by atoms with Crippen molar-refractivity contribution in [3.63, 3.8) is 0 Å². The second-order valence-electron chi connectivity index (χ2n) is 5.93. The van der Waals surface area contributed by atoms with Gasteiger partial charge in [0, 0.05) is 32.2 Å². The highest BCUT2D eigenvalue weighted by atomic mass is 35.5. The molecule has 0 aliphatic carbocycles. The Morgan fingerprint density at radius 1 is 1.25 bits per heavy atom. The molecule has 1 fully saturated rings. The van der Waals surface area contributed by atoms with Crippen molar-refractivity contribution in [3.05, 3.63) is 35.1 Å². The zero-order chi connectivity index (χ0) is 13.8. The number of aryl methyl sites for hydroxylation is 1. The van der Waals surface area contributed by atoms with Crippen molar-refractivity contribution < 1.29 is 4.39 Å². The van der Waals surface area contributed by atoms with Crippen LogP contribution in [0.4, 0.5) is 4.39 Å². The first-order valence-electron chi connectivity index (χ1n) is 7.28. The van der Waals surface area contributed by atoms with Crippen LogP contribution in [0.25, 0.3) is 0 Å². The molecule has 20 heavy (non-hydrogen) atoms. The number of halogens is 2. The highest BCUT2D eigenvalue weighted by molar-refractivity contribution is 5.85. The molecule has 0 unspecified atom stereocenters. The third kappa shape index (κ3) is 4.44. The summed E-state index contributed by atoms with van der Waals surface area (Å²) in [6, 6.07) is 5.64. The Kier molecular flexibility index (Phi) is 6.93. The molecule has 0 spiro atoms. The summed E-state index contributed by atoms with van der Waals surface area (Å²) in [5.74, 6) is 0.509. The summed E-state index contributed by atoms with van der Waals surface area (Å²) in [4.78, 5) is 2.54. The molecule has 1 aromatic rings. The highest BCUT2D eigenvalue weighted by Gasteiger charge is 2.24. The van der Waals surface area contributed by atoms with Crippen LogP contribution in [0, 0.1) is 18.7 Å². The molecular weight excluding hydrogens is 275 g/mol. The minimum absolute atomic E-state index is 0. The summed E-state index contributed by atoms with van der Waals surface area (Å²) >= 11 is 0. The predicted octanol–water partition coefficient (Wildman–Crippen LogP) is 3.55. The minimum atomic E-state index is -0.134. The monoisotopic (exact) mass is 300 g/mol. The summed E-state index contributed by atoms with van der Waals surface area (Å²) in [6.45, 7) is 10.8. The van der Waals surface area contributed by atoms with E-state index in [2.05, 4.69) is 24.1 Å². The maximum atomic E-state index is 13.3. The zero-order valence-electron chi connectivity index (χ0n) is 12.7. The van der Waals surface area contributed by atoms with Crippen molar-refractivity contribution in [2.45, 2.75) is 33.2 Å². The van der Waals surface area contributed by atoms with Gasteiger partial charge in [-0.3, -0.25) is 4.90 Å². The number of benzene rings is 1. The molecule has 1 aliphatic rings. The topological polar surface area (TPSA) is 15.3 Å². The van der Waals surface area contributed by atoms with E-state index >= 15 is 0 Å². The molecule has 0 bridgehead atoms. The second-order valence-corrected chi connectivity index (χ2v) is 5.93. The lowest BCUT2D eigenvalue weighted by molar-refractivity contribution is 0.153. The molecule has 1 aromatic carbocycles. The van der Waals surface area contributed by atoms with Gasteiger partial charge in [0.2, 0.25) is 0 Å². The number of nitrogens with one attached hydrogen (secondary N) is 1. The molecule has 1 atom stereocenters. The summed E-state index contributed by atoms with van der Waals surface area (Å²) in [5, 5.41) is 3.40. The highest BCUT2D eigenvalue weighted by Crippen LogP contribution is 2.30. The van der Waals surface area contributed by atoms with Gasteiger partial charge in [-0.15, -0.1) is 12.4 Å². The van der Waals surface area contributed by atoms with Crippen LogP contribution in [0.1, 0.15) is 37.4 Å². The molecule has 114 valence electrons. The fourth-order valence-electron chi connectivity index (χ4n) is 2.93. The number of rotatable bonds is 4. The Morgan fingerprint density at radius 3 is 2.45 bits per heavy atom. The molecule has 4 heteroatoms. The maximum absolute atomic E-state index is 13.3. The van der Waals surface area contributed by atoms with Gasteiger partial charge in [-0.1, -0.05) is 19.9 Å². The number of nitrogens with zero attached hydrogens (tertiary/aromatic N) is 1. The minimum Gasteiger partial charge on any atom is -0.314 e. The van der Waals surface area contributed by atoms with Gasteiger partial charge in [0.25, 0.3) is 0 Å². The van der Waals surface area contributed by atoms with Crippen molar-refractivity contribution in [1.82, 2.24) is 10.2 Å². The molecule has 1 saturated heterocycles. The van der Waals surface area contributed by atoms with E-state index in [9.17, 15) is 4.39 Å². The third-order valence-corrected chi connectivity index (χ3v) is 3.88. The molecule has 0 aromatic heterocycles. The first-order valence-corrected chi connectivity index (χ1v) is 7.28. The van der Waals surface area contributed by atoms with Crippen molar-refractivity contribution in [1.29, 1.82) is 0 Å². The number of hydrogen-bond donors (Lipinski definition) is 1. The van der Waals surface area contributed by atoms with Crippen molar-refractivity contribution >= 4 is 12.4 Å². The van der Waals surface area contributed by atoms with Crippen molar-refractivity contribution in [2.75, 3.05) is 26.2 Å². The lowest BCUT2D eigenvalue weighted by Crippen LogP contribution is -2.45. The Labute approximate surface area is 128 Å². The molecule has 1 heterocycles. The van der Waals surface area contributed by atoms with Crippen molar-refractivity contribution in [2.24, 2.45) is 5.92 Å². The van der Waals surface area contributed by atoms with Crippen LogP contribution in [-0.2, 0) is 0 Å². The fourth-order valence-corrected chi connectivity index (χ4v) is 2.93. The quantitative estimate of drug-likeness (QED) is 0.915. The van der Waals surface area contributed by atoms with Gasteiger partial charge in [-0.2, -0.15) is 0 Å². The van der Waals surface area contributed by atoms with E-state index in [1.165, 1.54) is 5.56 Å². The van der Waals surface area contributed by atoms with Crippen LogP contribution in [0.2, 0.25) is 0 Å². The molecule has 2 rings (SSSR count). The maximum Gasteiger partial charge on any atom is 0.123 e. The van der Waals surface area contributed by atoms with E-state index in [0.717, 1.165) is 38.2 Å². The lowest BCUT2D eigenvalue weighted by Gasteiger charge is -2.37. The summed E-state index contributed by atoms with van der Waals surface area (Å²) < 4.78 is 13.3. The molecule has 0 saturated carbocycles. The van der Waals surface area contributed by atoms with Crippen LogP contribution in [-0.4, -0.2) is 31.1 Å². The van der Waals surface area contributed by atoms with Gasteiger partial charge in [0.05, 0.1) is 0 Å². The average Bonchev–Trinajstić information content (AvgIpc) is 2.37. The first kappa shape index (κ1) is 17.4. The van der Waals surface area contributed by atoms with E-state index in [0.29, 0.717) is 12.0 Å². The normalized spacial score (nSPS) is 17.9. The van der Waals surface area contributed by atoms with Crippen LogP contribution in [0.3, 0.4) is 0 Å². The lowest BCUT2D eigenvalue weighted by atomic mass is 9.92. The Hall–Kier alpha value is -0.640. The third-order valence-electron chi connectivity index (χ3n) is 3.88. The Morgan fingerprint density at radius 2 is 1.90 bits per heavy atom. The van der Waals surface area contributed by atoms with Crippen molar-refractivity contribution in [3.8, 4) is 0 Å². The standard InChI is InChI=1S/C16H25FN2.ClH/c1-12(2)10-16(19-8-6-18-7-9-19)15-5-4-14(17)11-13(15)3;/h4-5,11-12,16,18H,6-10H2,1-3H3;1H/t16-;/m0./s1. The SMILES string of the molecule is Cc1cc(F)ccc1[C@H](CC(C)C)N1CCNCC1.Cl. The summed E-state index contributed by atoms with van der Waals surface area (Å²) in [6.07, 6.45) is 1.13. The first-order chi connectivity index (χ1) is 9.08. The molecule has 0 amide bonds. The van der Waals surface area contributed by atoms with Gasteiger partial charge >= 0.3 is 0 Å². The molecule has 1 aliphatic heterocycles. The van der Waals surface area contributed by atoms with E-state index in [1.54, 1.807) is 12.1 Å². The van der Waals surface area contributed by atoms with Gasteiger partial charge in [-0.05, 0) is 42.5 Å². The summed E-state index contributed by atoms with van der Waals surface area (Å²) in [7, 11) is 0. The molecule has 2 nitrogen and oxygen atoms in total. The van der Waals surface area contributed by atoms with E-state index in [1.807, 2.05) is 13.0 Å².